The summed E-state index contributed by atoms with van der Waals surface area (Å²) in [4.78, 5) is 8.84. The number of phenolic OH excluding ortho intramolecular Hbond substituents is 1. The van der Waals surface area contributed by atoms with Gasteiger partial charge in [0, 0.05) is 23.1 Å². The minimum atomic E-state index is -0.252. The number of hydrogen-bond donors (Lipinski definition) is 3. The van der Waals surface area contributed by atoms with Gasteiger partial charge in [-0.2, -0.15) is 0 Å². The highest BCUT2D eigenvalue weighted by Gasteiger charge is 2.36. The van der Waals surface area contributed by atoms with Gasteiger partial charge in [0.25, 0.3) is 0 Å². The molecule has 2 rings (SSSR count). The van der Waals surface area contributed by atoms with Crippen molar-refractivity contribution in [2.24, 2.45) is 21.1 Å². The van der Waals surface area contributed by atoms with E-state index in [1.807, 2.05) is 6.07 Å². The molecule has 5 heteroatoms. The summed E-state index contributed by atoms with van der Waals surface area (Å²) in [6.07, 6.45) is 0.708. The van der Waals surface area contributed by atoms with E-state index in [2.05, 4.69) is 43.2 Å². The molecule has 1 aromatic rings. The van der Waals surface area contributed by atoms with Gasteiger partial charge in [0.1, 0.15) is 11.6 Å². The molecule has 0 unspecified atom stereocenters. The third-order valence-electron chi connectivity index (χ3n) is 3.70. The number of fused-ring (bicyclic) bond motifs is 1. The van der Waals surface area contributed by atoms with E-state index in [-0.39, 0.29) is 11.2 Å². The molecule has 3 N–H and O–H groups in total. The maximum Gasteiger partial charge on any atom is 0.129 e. The Morgan fingerprint density at radius 2 is 2.10 bits per heavy atom. The second-order valence-corrected chi connectivity index (χ2v) is 5.96. The first-order valence-corrected chi connectivity index (χ1v) is 6.76. The Bertz CT molecular complexity index is 645. The molecule has 0 heterocycles. The van der Waals surface area contributed by atoms with Crippen molar-refractivity contribution < 1.29 is 5.11 Å². The summed E-state index contributed by atoms with van der Waals surface area (Å²) in [5.74, 6) is 0.642. The molecule has 1 aliphatic rings. The topological polar surface area (TPSA) is 71.0 Å². The number of nitrogens with zero attached hydrogens (tertiary/aromatic N) is 2. The SMILES string of the molecule is C=NC1=C(C(N)=NC)C(C)(C)Cc2c1ccc(O)c2S. The third-order valence-corrected chi connectivity index (χ3v) is 4.20. The highest BCUT2D eigenvalue weighted by Crippen LogP contribution is 2.46. The van der Waals surface area contributed by atoms with Gasteiger partial charge in [-0.1, -0.05) is 13.8 Å². The van der Waals surface area contributed by atoms with E-state index in [4.69, 9.17) is 5.73 Å². The maximum atomic E-state index is 9.84. The summed E-state index contributed by atoms with van der Waals surface area (Å²) in [7, 11) is 1.66. The second-order valence-electron chi connectivity index (χ2n) is 5.51. The van der Waals surface area contributed by atoms with Crippen LogP contribution < -0.4 is 5.73 Å². The quantitative estimate of drug-likeness (QED) is 0.445. The molecule has 0 spiro atoms. The van der Waals surface area contributed by atoms with Crippen LogP contribution in [0.15, 0.2) is 32.6 Å². The molecule has 0 aromatic heterocycles. The zero-order chi connectivity index (χ0) is 15.1. The first kappa shape index (κ1) is 14.7. The number of thiol groups is 1. The Morgan fingerprint density at radius 1 is 1.45 bits per heavy atom. The molecule has 0 amide bonds. The molecule has 0 aliphatic heterocycles. The molecular weight excluding hydrogens is 270 g/mol. The lowest BCUT2D eigenvalue weighted by Gasteiger charge is -2.35. The van der Waals surface area contributed by atoms with E-state index in [1.165, 1.54) is 0 Å². The van der Waals surface area contributed by atoms with E-state index in [0.717, 1.165) is 22.4 Å². The smallest absolute Gasteiger partial charge is 0.129 e. The van der Waals surface area contributed by atoms with Crippen LogP contribution in [0.1, 0.15) is 25.0 Å². The standard InChI is InChI=1S/C15H19N3OS/c1-15(2)7-9-8(5-6-10(19)13(9)20)12(17-3)11(15)14(16)18-4/h5-6,19-20H,3,7H2,1-2,4H3,(H2,16,18). The van der Waals surface area contributed by atoms with E-state index >= 15 is 0 Å². The molecule has 0 saturated heterocycles. The van der Waals surface area contributed by atoms with E-state index in [9.17, 15) is 5.11 Å². The number of amidine groups is 1. The van der Waals surface area contributed by atoms with Crippen LogP contribution >= 0.6 is 12.6 Å². The molecule has 0 atom stereocenters. The number of hydrogen-bond acceptors (Lipinski definition) is 4. The van der Waals surface area contributed by atoms with Crippen LogP contribution in [0, 0.1) is 5.41 Å². The average molecular weight is 289 g/mol. The Labute approximate surface area is 124 Å². The zero-order valence-corrected chi connectivity index (χ0v) is 12.8. The molecule has 0 saturated carbocycles. The van der Waals surface area contributed by atoms with Crippen molar-refractivity contribution in [3.63, 3.8) is 0 Å². The van der Waals surface area contributed by atoms with Gasteiger partial charge in [0.2, 0.25) is 0 Å². The first-order chi connectivity index (χ1) is 9.33. The van der Waals surface area contributed by atoms with Crippen molar-refractivity contribution in [2.75, 3.05) is 7.05 Å². The van der Waals surface area contributed by atoms with Gasteiger partial charge >= 0.3 is 0 Å². The minimum Gasteiger partial charge on any atom is -0.507 e. The second kappa shape index (κ2) is 4.98. The van der Waals surface area contributed by atoms with Crippen molar-refractivity contribution in [3.05, 3.63) is 28.8 Å². The third kappa shape index (κ3) is 2.12. The summed E-state index contributed by atoms with van der Waals surface area (Å²) in [6, 6.07) is 3.44. The molecule has 1 aromatic carbocycles. The predicted octanol–water partition coefficient (Wildman–Crippen LogP) is 2.66. The Kier molecular flexibility index (Phi) is 3.65. The van der Waals surface area contributed by atoms with Crippen molar-refractivity contribution in [2.45, 2.75) is 25.2 Å². The maximum absolute atomic E-state index is 9.84. The molecule has 106 valence electrons. The number of phenols is 1. The van der Waals surface area contributed by atoms with E-state index in [0.29, 0.717) is 17.2 Å². The molecule has 4 nitrogen and oxygen atoms in total. The molecule has 20 heavy (non-hydrogen) atoms. The van der Waals surface area contributed by atoms with Gasteiger partial charge in [0.15, 0.2) is 0 Å². The fraction of sp³-hybridized carbons (Fsp3) is 0.333. The van der Waals surface area contributed by atoms with Crippen LogP contribution in [0.2, 0.25) is 0 Å². The van der Waals surface area contributed by atoms with E-state index < -0.39 is 0 Å². The fourth-order valence-electron chi connectivity index (χ4n) is 2.75. The van der Waals surface area contributed by atoms with Crippen molar-refractivity contribution in [1.29, 1.82) is 0 Å². The van der Waals surface area contributed by atoms with Crippen LogP contribution in [0.25, 0.3) is 5.70 Å². The van der Waals surface area contributed by atoms with Crippen LogP contribution in [0.3, 0.4) is 0 Å². The lowest BCUT2D eigenvalue weighted by Crippen LogP contribution is -2.33. The lowest BCUT2D eigenvalue weighted by atomic mass is 9.71. The summed E-state index contributed by atoms with van der Waals surface area (Å²) in [6.45, 7) is 7.81. The molecule has 0 bridgehead atoms. The number of benzene rings is 1. The van der Waals surface area contributed by atoms with Crippen LogP contribution in [0.4, 0.5) is 0 Å². The highest BCUT2D eigenvalue weighted by atomic mass is 32.1. The summed E-state index contributed by atoms with van der Waals surface area (Å²) in [5.41, 5.74) is 9.28. The van der Waals surface area contributed by atoms with Crippen molar-refractivity contribution in [1.82, 2.24) is 0 Å². The summed E-state index contributed by atoms with van der Waals surface area (Å²) >= 11 is 4.41. The largest absolute Gasteiger partial charge is 0.507 e. The fourth-order valence-corrected chi connectivity index (χ4v) is 3.03. The predicted molar refractivity (Wildman–Crippen MR) is 86.9 cm³/mol. The monoisotopic (exact) mass is 289 g/mol. The van der Waals surface area contributed by atoms with Crippen LogP contribution in [0.5, 0.6) is 5.75 Å². The van der Waals surface area contributed by atoms with Gasteiger partial charge in [-0.15, -0.1) is 12.6 Å². The zero-order valence-electron chi connectivity index (χ0n) is 11.9. The number of nitrogens with two attached hydrogens (primary N) is 1. The number of aromatic hydroxyl groups is 1. The summed E-state index contributed by atoms with van der Waals surface area (Å²) < 4.78 is 0. The normalized spacial score (nSPS) is 17.9. The van der Waals surface area contributed by atoms with Crippen molar-refractivity contribution in [3.8, 4) is 5.75 Å². The molecule has 1 aliphatic carbocycles. The average Bonchev–Trinajstić information content (AvgIpc) is 2.40. The van der Waals surface area contributed by atoms with Gasteiger partial charge < -0.3 is 10.8 Å². The Hall–Kier alpha value is -1.75. The lowest BCUT2D eigenvalue weighted by molar-refractivity contribution is 0.436. The van der Waals surface area contributed by atoms with E-state index in [1.54, 1.807) is 13.1 Å². The van der Waals surface area contributed by atoms with Gasteiger partial charge in [-0.05, 0) is 36.2 Å². The number of rotatable bonds is 2. The van der Waals surface area contributed by atoms with Crippen LogP contribution in [-0.2, 0) is 6.42 Å². The molecular formula is C15H19N3OS. The Balaban J connectivity index is 2.85. The minimum absolute atomic E-state index is 0.173. The van der Waals surface area contributed by atoms with Gasteiger partial charge in [-0.3, -0.25) is 9.98 Å². The summed E-state index contributed by atoms with van der Waals surface area (Å²) in [5, 5.41) is 9.84. The van der Waals surface area contributed by atoms with Crippen LogP contribution in [-0.4, -0.2) is 24.7 Å². The molecule has 0 fully saturated rings. The van der Waals surface area contributed by atoms with Gasteiger partial charge in [-0.25, -0.2) is 0 Å². The van der Waals surface area contributed by atoms with Gasteiger partial charge in [0.05, 0.1) is 5.70 Å². The van der Waals surface area contributed by atoms with Crippen molar-refractivity contribution >= 4 is 30.9 Å². The Morgan fingerprint density at radius 3 is 2.65 bits per heavy atom. The number of aliphatic imine (C=N–C) groups is 2. The first-order valence-electron chi connectivity index (χ1n) is 6.31. The highest BCUT2D eigenvalue weighted by molar-refractivity contribution is 7.80. The molecule has 0 radical (unpaired) electrons.